The summed E-state index contributed by atoms with van der Waals surface area (Å²) >= 11 is -2.51. The quantitative estimate of drug-likeness (QED) is 0.642. The molecule has 0 bridgehead atoms. The van der Waals surface area contributed by atoms with Crippen molar-refractivity contribution in [3.8, 4) is 0 Å². The van der Waals surface area contributed by atoms with Crippen LogP contribution in [0.1, 0.15) is 13.8 Å². The molecule has 57 valence electrons. The van der Waals surface area contributed by atoms with Gasteiger partial charge in [-0.15, -0.1) is 0 Å². The van der Waals surface area contributed by atoms with Crippen LogP contribution < -0.4 is 0 Å². The Kier molecular flexibility index (Phi) is 10.9. The monoisotopic (exact) mass is 177 g/mol. The maximum atomic E-state index is 10.4. The fourth-order valence-corrected chi connectivity index (χ4v) is 1.02. The van der Waals surface area contributed by atoms with Gasteiger partial charge in [-0.2, -0.15) is 0 Å². The summed E-state index contributed by atoms with van der Waals surface area (Å²) < 4.78 is 19.7. The van der Waals surface area contributed by atoms with Crippen molar-refractivity contribution in [1.82, 2.24) is 0 Å². The summed E-state index contributed by atoms with van der Waals surface area (Å²) in [4.78, 5) is 0. The molecule has 0 fully saturated rings. The first-order valence-corrected chi connectivity index (χ1v) is 4.25. The van der Waals surface area contributed by atoms with E-state index in [1.807, 2.05) is 0 Å². The van der Waals surface area contributed by atoms with Gasteiger partial charge in [-0.05, 0) is 0 Å². The van der Waals surface area contributed by atoms with Gasteiger partial charge in [0.2, 0.25) is 0 Å². The van der Waals surface area contributed by atoms with E-state index in [0.29, 0.717) is 13.2 Å². The van der Waals surface area contributed by atoms with Gasteiger partial charge in [0.15, 0.2) is 0 Å². The first-order valence-electron chi connectivity index (χ1n) is 2.54. The third-order valence-corrected chi connectivity index (χ3v) is 1.93. The van der Waals surface area contributed by atoms with Crippen LogP contribution in [0.15, 0.2) is 0 Å². The molecule has 0 heterocycles. The second-order valence-electron chi connectivity index (χ2n) is 1.06. The molecule has 0 aliphatic heterocycles. The van der Waals surface area contributed by atoms with Crippen LogP contribution >= 0.6 is 0 Å². The number of hydrogen-bond donors (Lipinski definition) is 0. The molecular weight excluding hydrogens is 166 g/mol. The number of halogens is 1. The summed E-state index contributed by atoms with van der Waals surface area (Å²) in [7, 11) is 0. The molecule has 0 saturated heterocycles. The van der Waals surface area contributed by atoms with Gasteiger partial charge < -0.3 is 0 Å². The van der Waals surface area contributed by atoms with Crippen LogP contribution in [0.5, 0.6) is 0 Å². The number of rotatable bonds is 4. The van der Waals surface area contributed by atoms with Gasteiger partial charge in [0.05, 0.1) is 0 Å². The molecule has 0 rings (SSSR count). The van der Waals surface area contributed by atoms with E-state index in [-0.39, 0.29) is 4.70 Å². The minimum absolute atomic E-state index is 0. The minimum atomic E-state index is -2.51. The van der Waals surface area contributed by atoms with E-state index in [0.717, 1.165) is 0 Å². The zero-order chi connectivity index (χ0) is 6.41. The van der Waals surface area contributed by atoms with Gasteiger partial charge in [0.1, 0.15) is 0 Å². The van der Waals surface area contributed by atoms with Gasteiger partial charge in [-0.1, -0.05) is 0 Å². The molecule has 0 atom stereocenters. The van der Waals surface area contributed by atoms with E-state index in [1.54, 1.807) is 13.8 Å². The van der Waals surface area contributed by atoms with Crippen LogP contribution in [0.4, 0.5) is 4.70 Å². The predicted molar refractivity (Wildman–Crippen MR) is 26.4 cm³/mol. The fraction of sp³-hybridized carbons (Fsp3) is 1.00. The molecule has 3 nitrogen and oxygen atoms in total. The normalized spacial score (nSPS) is 8.22. The van der Waals surface area contributed by atoms with Crippen LogP contribution in [0.3, 0.4) is 0 Å². The van der Waals surface area contributed by atoms with E-state index in [1.165, 1.54) is 0 Å². The zero-order valence-electron chi connectivity index (χ0n) is 5.49. The second-order valence-corrected chi connectivity index (χ2v) is 2.56. The minimum Gasteiger partial charge on any atom is -0.269 e. The summed E-state index contributed by atoms with van der Waals surface area (Å²) in [5, 5.41) is 0. The molecule has 9 heavy (non-hydrogen) atoms. The summed E-state index contributed by atoms with van der Waals surface area (Å²) in [5.74, 6) is 0. The van der Waals surface area contributed by atoms with Crippen LogP contribution in [-0.2, 0) is 26.8 Å². The van der Waals surface area contributed by atoms with Gasteiger partial charge in [0, 0.05) is 0 Å². The molecule has 5 heteroatoms. The van der Waals surface area contributed by atoms with Gasteiger partial charge >= 0.3 is 53.9 Å². The maximum absolute atomic E-state index is 10.4. The molecule has 0 saturated carbocycles. The van der Waals surface area contributed by atoms with Crippen molar-refractivity contribution >= 4 is 0 Å². The average Bonchev–Trinajstić information content (AvgIpc) is 1.68. The molecule has 0 unspecified atom stereocenters. The van der Waals surface area contributed by atoms with E-state index < -0.39 is 15.8 Å². The zero-order valence-corrected chi connectivity index (χ0v) is 6.89. The Hall–Kier alpha value is 0.234. The summed E-state index contributed by atoms with van der Waals surface area (Å²) in [6.45, 7) is 4.53. The Bertz CT molecular complexity index is 70.2. The SMILES string of the molecule is CC[O][V](=[O])[O]CC.F. The molecule has 0 aliphatic carbocycles. The standard InChI is InChI=1S/2C2H5O.FH.O.V/c2*1-2-3;;;/h2*2H2,1H3;1H;;/q2*-1;;;+2. The molecule has 0 N–H and O–H groups in total. The number of hydrogen-bond acceptors (Lipinski definition) is 3. The summed E-state index contributed by atoms with van der Waals surface area (Å²) in [5.41, 5.74) is 0. The second kappa shape index (κ2) is 8.23. The molecule has 0 aromatic carbocycles. The third-order valence-electron chi connectivity index (χ3n) is 0.469. The first-order chi connectivity index (χ1) is 3.81. The molecule has 0 aromatic heterocycles. The largest absolute Gasteiger partial charge is 0.269 e. The summed E-state index contributed by atoms with van der Waals surface area (Å²) in [6, 6.07) is 0. The van der Waals surface area contributed by atoms with Crippen molar-refractivity contribution in [2.24, 2.45) is 0 Å². The predicted octanol–water partition coefficient (Wildman–Crippen LogP) is 1.01. The topological polar surface area (TPSA) is 35.5 Å². The molecular formula is C4H11FO3V. The van der Waals surface area contributed by atoms with E-state index in [4.69, 9.17) is 0 Å². The fourth-order valence-electron chi connectivity index (χ4n) is 0.248. The average molecular weight is 177 g/mol. The van der Waals surface area contributed by atoms with Gasteiger partial charge in [-0.25, -0.2) is 0 Å². The van der Waals surface area contributed by atoms with Crippen molar-refractivity contribution in [2.75, 3.05) is 13.2 Å². The van der Waals surface area contributed by atoms with E-state index >= 15 is 0 Å². The van der Waals surface area contributed by atoms with Crippen molar-refractivity contribution in [2.45, 2.75) is 13.8 Å². The smallest absolute Gasteiger partial charge is 0.269 e. The molecule has 0 amide bonds. The van der Waals surface area contributed by atoms with Crippen molar-refractivity contribution in [3.63, 3.8) is 0 Å². The molecule has 0 radical (unpaired) electrons. The first kappa shape index (κ1) is 12.0. The summed E-state index contributed by atoms with van der Waals surface area (Å²) in [6.07, 6.45) is 0. The van der Waals surface area contributed by atoms with E-state index in [9.17, 15) is 3.67 Å². The Morgan fingerprint density at radius 2 is 1.56 bits per heavy atom. The third kappa shape index (κ3) is 8.23. The van der Waals surface area contributed by atoms with Crippen molar-refractivity contribution in [1.29, 1.82) is 0 Å². The Labute approximate surface area is 59.2 Å². The van der Waals surface area contributed by atoms with Crippen molar-refractivity contribution < 1.29 is 31.5 Å². The van der Waals surface area contributed by atoms with E-state index in [2.05, 4.69) is 7.32 Å². The maximum Gasteiger partial charge on any atom is -0.269 e. The van der Waals surface area contributed by atoms with Gasteiger partial charge in [-0.3, -0.25) is 4.70 Å². The van der Waals surface area contributed by atoms with Crippen LogP contribution in [0.25, 0.3) is 0 Å². The molecule has 0 spiro atoms. The Morgan fingerprint density at radius 3 is 1.78 bits per heavy atom. The van der Waals surface area contributed by atoms with Crippen LogP contribution in [0, 0.1) is 0 Å². The van der Waals surface area contributed by atoms with Gasteiger partial charge in [0.25, 0.3) is 0 Å². The van der Waals surface area contributed by atoms with Crippen LogP contribution in [-0.4, -0.2) is 13.2 Å². The Balaban J connectivity index is 0. The molecule has 0 aromatic rings. The van der Waals surface area contributed by atoms with Crippen molar-refractivity contribution in [3.05, 3.63) is 0 Å². The van der Waals surface area contributed by atoms with Crippen LogP contribution in [0.2, 0.25) is 0 Å². The Morgan fingerprint density at radius 1 is 1.22 bits per heavy atom. The molecule has 0 aliphatic rings.